The monoisotopic (exact) mass is 1280 g/mol. The molecule has 1 amide bonds. The van der Waals surface area contributed by atoms with Crippen LogP contribution in [0.1, 0.15) is 16.7 Å². The van der Waals surface area contributed by atoms with Gasteiger partial charge in [0.2, 0.25) is 5.24 Å². The number of carbonyl (C=O) groups is 3. The number of aliphatic carboxylic acids is 1. The number of phenolic OH excluding ortho intramolecular Hbond substituents is 2. The smallest absolute Gasteiger partial charge is 0.339 e. The zero-order valence-corrected chi connectivity index (χ0v) is 47.3. The number of halogens is 10. The number of carboxylic acids is 1. The standard InChI is InChI=1S/C9H6FNOS.C8H6ClFO.C8H7FO2.C7H4ClNS.C7H5NOS.C6H4FNO3.C6H6FNO.Cl3OP/c10-8-3-1-7(2-4-8)5-9(12)11-6-13;9-8(11)5-6-1-3-7(10)4-2-6;9-7-3-1-6(2-4-7)5-8(10)11;8-5-1-3-9-6-2-4-10-7(5)6;9-6-1-3-8-5-2-4-10-7(5)6;7-5-3-4(8(10)11)1-2-6(5)9;7-5-3-4(8)1-2-6(5)9;1-5(2,3)4/h1-4H,5H2;1-4H,5H2;1-4H,5H2,(H,10,11);1-4H;1-4H,(H,8,9);1-3,9H;1-3,9H,8H2;. The number of nitrogens with one attached hydrogen (secondary N) is 1. The van der Waals surface area contributed by atoms with E-state index in [0.717, 1.165) is 49.2 Å². The molecule has 6 N–H and O–H groups in total. The molecule has 0 aliphatic carbocycles. The highest BCUT2D eigenvalue weighted by atomic mass is 36.0. The third-order valence-corrected chi connectivity index (χ3v) is 11.3. The molecule has 0 spiro atoms. The van der Waals surface area contributed by atoms with Crippen molar-refractivity contribution in [1.29, 1.82) is 0 Å². The van der Waals surface area contributed by atoms with Crippen LogP contribution in [0.3, 0.4) is 0 Å². The number of amides is 1. The third-order valence-electron chi connectivity index (χ3n) is 8.74. The largest absolute Gasteiger partial charge is 0.505 e. The lowest BCUT2D eigenvalue weighted by Crippen LogP contribution is -1.99. The van der Waals surface area contributed by atoms with Crippen LogP contribution < -0.4 is 11.2 Å². The second-order valence-corrected chi connectivity index (χ2v) is 24.2. The molecule has 5 aromatic carbocycles. The Balaban J connectivity index is 0.000000315. The van der Waals surface area contributed by atoms with Crippen LogP contribution in [0.25, 0.3) is 20.4 Å². The first kappa shape index (κ1) is 69.0. The average Bonchev–Trinajstić information content (AvgIpc) is 4.09. The summed E-state index contributed by atoms with van der Waals surface area (Å²) >= 11 is 32.2. The normalized spacial score (nSPS) is 9.82. The number of hydrogen-bond acceptors (Lipinski definition) is 14. The SMILES string of the molecule is Clc1ccnc2ccsc12.Nc1ccc(O)c(F)c1.O=C(Cc1ccc(F)cc1)N=C=S.O=C(Cl)Cc1ccc(F)cc1.O=C(O)Cc1ccc(F)cc1.O=P(Cl)(Cl)Cl.O=[N+]([O-])c1ccc(O)c(F)c1.O=c1cc[nH]c2ccsc12. The van der Waals surface area contributed by atoms with Gasteiger partial charge < -0.3 is 26.0 Å². The minimum Gasteiger partial charge on any atom is -0.505 e. The van der Waals surface area contributed by atoms with E-state index in [9.17, 15) is 55.8 Å². The van der Waals surface area contributed by atoms with E-state index in [-0.39, 0.29) is 59.5 Å². The molecule has 4 aromatic heterocycles. The van der Waals surface area contributed by atoms with Crippen molar-refractivity contribution in [1.82, 2.24) is 9.97 Å². The van der Waals surface area contributed by atoms with Crippen molar-refractivity contribution in [3.8, 4) is 11.5 Å². The number of thiocarbonyl (C=S) groups is 1. The predicted molar refractivity (Wildman–Crippen MR) is 308 cm³/mol. The summed E-state index contributed by atoms with van der Waals surface area (Å²) in [7, 11) is 0. The summed E-state index contributed by atoms with van der Waals surface area (Å²) in [6.07, 6.45) is 3.61. The number of pyridine rings is 2. The zero-order chi connectivity index (χ0) is 60.0. The van der Waals surface area contributed by atoms with Crippen LogP contribution in [0.15, 0.2) is 166 Å². The number of hydrogen-bond donors (Lipinski definition) is 5. The van der Waals surface area contributed by atoms with Gasteiger partial charge in [-0.2, -0.15) is 4.99 Å². The molecule has 0 saturated carbocycles. The number of benzene rings is 5. The number of aromatic amines is 1. The molecule has 0 saturated heterocycles. The highest BCUT2D eigenvalue weighted by Gasteiger charge is 2.09. The molecule has 0 aliphatic heterocycles. The summed E-state index contributed by atoms with van der Waals surface area (Å²) in [5.74, 6) is -4.89. The maximum atomic E-state index is 12.4. The van der Waals surface area contributed by atoms with Gasteiger partial charge >= 0.3 is 11.2 Å². The number of isothiocyanates is 1. The van der Waals surface area contributed by atoms with Crippen LogP contribution in [0, 0.1) is 39.2 Å². The summed E-state index contributed by atoms with van der Waals surface area (Å²) in [6.45, 7) is 0. The van der Waals surface area contributed by atoms with Crippen molar-refractivity contribution in [2.45, 2.75) is 19.3 Å². The van der Waals surface area contributed by atoms with Gasteiger partial charge in [0.1, 0.15) is 17.5 Å². The zero-order valence-electron chi connectivity index (χ0n) is 40.2. The lowest BCUT2D eigenvalue weighted by molar-refractivity contribution is -0.385. The number of fused-ring (bicyclic) bond motifs is 2. The van der Waals surface area contributed by atoms with E-state index in [1.807, 2.05) is 28.1 Å². The number of nitrogens with two attached hydrogens (primary N) is 1. The molecule has 0 aliphatic rings. The third kappa shape index (κ3) is 29.7. The summed E-state index contributed by atoms with van der Waals surface area (Å²) in [6, 6.07) is 30.3. The van der Waals surface area contributed by atoms with Crippen molar-refractivity contribution >= 4 is 151 Å². The fraction of sp³-hybridized carbons (Fsp3) is 0.0588. The molecule has 29 heteroatoms. The Hall–Kier alpha value is -7.14. The first-order chi connectivity index (χ1) is 37.6. The molecule has 4 heterocycles. The van der Waals surface area contributed by atoms with Crippen molar-refractivity contribution < 1.29 is 61.1 Å². The molecule has 80 heavy (non-hydrogen) atoms. The van der Waals surface area contributed by atoms with Crippen LogP contribution in [0.5, 0.6) is 11.5 Å². The lowest BCUT2D eigenvalue weighted by atomic mass is 10.1. The van der Waals surface area contributed by atoms with Crippen LogP contribution in [0.4, 0.5) is 33.3 Å². The number of nitro benzene ring substituents is 1. The van der Waals surface area contributed by atoms with Crippen molar-refractivity contribution in [2.24, 2.45) is 4.99 Å². The number of non-ortho nitro benzene ring substituents is 1. The van der Waals surface area contributed by atoms with E-state index >= 15 is 0 Å². The number of nitrogen functional groups attached to an aromatic ring is 1. The maximum Gasteiger partial charge on any atom is 0.339 e. The fourth-order valence-corrected chi connectivity index (χ4v) is 7.35. The number of nitrogens with zero attached hydrogens (tertiary/aromatic N) is 3. The average molecular weight is 1280 g/mol. The molecular weight excluding hydrogens is 1240 g/mol. The summed E-state index contributed by atoms with van der Waals surface area (Å²) in [5.41, 5.74) is 9.17. The number of aromatic nitrogens is 2. The number of carbonyl (C=O) groups excluding carboxylic acids is 2. The molecular formula is C51H38Cl5F5N5O10PS3. The van der Waals surface area contributed by atoms with Gasteiger partial charge in [0.15, 0.2) is 28.6 Å². The molecule has 0 unspecified atom stereocenters. The number of phenols is 2. The van der Waals surface area contributed by atoms with Gasteiger partial charge in [-0.15, -0.1) is 22.7 Å². The molecule has 0 radical (unpaired) electrons. The van der Waals surface area contributed by atoms with E-state index in [4.69, 9.17) is 44.3 Å². The van der Waals surface area contributed by atoms with E-state index < -0.39 is 38.7 Å². The van der Waals surface area contributed by atoms with E-state index in [1.165, 1.54) is 96.3 Å². The Labute approximate surface area is 488 Å². The summed E-state index contributed by atoms with van der Waals surface area (Å²) < 4.78 is 73.0. The molecule has 0 bridgehead atoms. The quantitative estimate of drug-likeness (QED) is 0.0115. The number of H-pyrrole nitrogens is 1. The first-order valence-corrected chi connectivity index (χ1v) is 28.8. The maximum absolute atomic E-state index is 12.4. The van der Waals surface area contributed by atoms with Gasteiger partial charge in [0.25, 0.3) is 11.6 Å². The van der Waals surface area contributed by atoms with Crippen LogP contribution >= 0.6 is 97.0 Å². The minimum absolute atomic E-state index is 0.0553. The number of aromatic hydroxyl groups is 2. The van der Waals surface area contributed by atoms with E-state index in [0.29, 0.717) is 22.9 Å². The molecule has 9 rings (SSSR count). The predicted octanol–water partition coefficient (Wildman–Crippen LogP) is 15.5. The highest BCUT2D eigenvalue weighted by molar-refractivity contribution is 8.24. The second kappa shape index (κ2) is 36.2. The summed E-state index contributed by atoms with van der Waals surface area (Å²) in [5, 5.41) is 38.6. The van der Waals surface area contributed by atoms with Crippen LogP contribution in [-0.2, 0) is 38.2 Å². The number of nitro groups is 1. The molecule has 9 aromatic rings. The van der Waals surface area contributed by atoms with Crippen molar-refractivity contribution in [3.05, 3.63) is 228 Å². The van der Waals surface area contributed by atoms with Gasteiger partial charge in [-0.25, -0.2) is 22.0 Å². The summed E-state index contributed by atoms with van der Waals surface area (Å²) in [4.78, 5) is 62.1. The van der Waals surface area contributed by atoms with E-state index in [1.54, 1.807) is 35.9 Å². The lowest BCUT2D eigenvalue weighted by Gasteiger charge is -1.95. The van der Waals surface area contributed by atoms with Gasteiger partial charge in [-0.1, -0.05) is 48.0 Å². The van der Waals surface area contributed by atoms with E-state index in [2.05, 4.69) is 60.9 Å². The number of rotatable bonds is 7. The molecule has 0 fully saturated rings. The molecule has 15 nitrogen and oxygen atoms in total. The Morgan fingerprint density at radius 2 is 1.20 bits per heavy atom. The van der Waals surface area contributed by atoms with Crippen molar-refractivity contribution in [3.63, 3.8) is 0 Å². The molecule has 0 atom stereocenters. The number of thiophene rings is 2. The van der Waals surface area contributed by atoms with Gasteiger partial charge in [-0.3, -0.25) is 38.8 Å². The fourth-order valence-electron chi connectivity index (χ4n) is 5.28. The van der Waals surface area contributed by atoms with Crippen LogP contribution in [-0.4, -0.2) is 52.5 Å². The Bertz CT molecular complexity index is 3550. The number of anilines is 1. The molecule has 420 valence electrons. The van der Waals surface area contributed by atoms with Gasteiger partial charge in [-0.05, 0) is 158 Å². The van der Waals surface area contributed by atoms with Crippen molar-refractivity contribution in [2.75, 3.05) is 5.73 Å². The Morgan fingerprint density at radius 1 is 0.725 bits per heavy atom. The van der Waals surface area contributed by atoms with Crippen LogP contribution in [0.2, 0.25) is 5.02 Å². The topological polar surface area (TPSA) is 256 Å². The van der Waals surface area contributed by atoms with Gasteiger partial charge in [0, 0.05) is 42.7 Å². The van der Waals surface area contributed by atoms with Gasteiger partial charge in [0.05, 0.1) is 54.4 Å². The first-order valence-electron chi connectivity index (χ1n) is 21.5. The minimum atomic E-state index is -3.22. The number of aliphatic imine (C=N–C) groups is 1. The Morgan fingerprint density at radius 3 is 1.64 bits per heavy atom. The number of carboxylic acid groups (broad SMARTS) is 1. The highest BCUT2D eigenvalue weighted by Crippen LogP contribution is 2.61. The second-order valence-electron chi connectivity index (χ2n) is 14.7. The Kier molecular flexibility index (Phi) is 31.2.